The summed E-state index contributed by atoms with van der Waals surface area (Å²) in [5, 5.41) is 41.7. The van der Waals surface area contributed by atoms with Gasteiger partial charge in [-0.1, -0.05) is 12.6 Å². The smallest absolute Gasteiger partial charge is 0.162 e. The largest absolute Gasteiger partial charge is 0.352 e. The fourth-order valence-corrected chi connectivity index (χ4v) is 4.31. The molecule has 8 heterocycles. The Kier molecular flexibility index (Phi) is 30.4. The van der Waals surface area contributed by atoms with E-state index >= 15 is 0 Å². The van der Waals surface area contributed by atoms with Crippen molar-refractivity contribution >= 4 is 0 Å². The van der Waals surface area contributed by atoms with E-state index in [2.05, 4.69) is 166 Å². The molecule has 0 radical (unpaired) electrons. The Morgan fingerprint density at radius 3 is 1.02 bits per heavy atom. The second-order valence-corrected chi connectivity index (χ2v) is 16.3. The van der Waals surface area contributed by atoms with Crippen molar-refractivity contribution in [2.45, 2.75) is 167 Å². The molecule has 0 saturated heterocycles. The third kappa shape index (κ3) is 26.6. The third-order valence-corrected chi connectivity index (χ3v) is 8.18. The molecule has 0 spiro atoms. The SMILES string of the molecule is C.CC(C)n1cccc1.CC(C)n1cccn1.CC(C)n1cccn1.CC(C)n1ccnc1.CC(C)n1ccnn1.CC(C)n1cnnc1.CC(C)n1nccn1.CC(C)n1ncnn1. The molecule has 0 aromatic carbocycles. The number of rotatable bonds is 8. The van der Waals surface area contributed by atoms with Crippen molar-refractivity contribution in [3.8, 4) is 0 Å². The Morgan fingerprint density at radius 1 is 0.308 bits per heavy atom. The van der Waals surface area contributed by atoms with Crippen LogP contribution in [0, 0.1) is 0 Å². The highest BCUT2D eigenvalue weighted by molar-refractivity contribution is 4.91. The zero-order valence-electron chi connectivity index (χ0n) is 41.1. The lowest BCUT2D eigenvalue weighted by molar-refractivity contribution is 0.455. The van der Waals surface area contributed by atoms with Gasteiger partial charge in [0.1, 0.15) is 12.7 Å². The summed E-state index contributed by atoms with van der Waals surface area (Å²) in [5.74, 6) is 0. The molecule has 360 valence electrons. The van der Waals surface area contributed by atoms with Gasteiger partial charge in [0.2, 0.25) is 0 Å². The molecule has 0 aliphatic heterocycles. The molecular weight excluding hydrogens is 821 g/mol. The van der Waals surface area contributed by atoms with E-state index in [1.807, 2.05) is 97.0 Å². The van der Waals surface area contributed by atoms with E-state index in [4.69, 9.17) is 0 Å². The minimum absolute atomic E-state index is 0. The zero-order chi connectivity index (χ0) is 47.9. The van der Waals surface area contributed by atoms with Crippen LogP contribution in [0.2, 0.25) is 0 Å². The Balaban J connectivity index is 0.000000719. The van der Waals surface area contributed by atoms with E-state index in [-0.39, 0.29) is 7.43 Å². The van der Waals surface area contributed by atoms with E-state index < -0.39 is 0 Å². The van der Waals surface area contributed by atoms with Gasteiger partial charge in [-0.2, -0.15) is 30.0 Å². The Bertz CT molecular complexity index is 1600. The lowest BCUT2D eigenvalue weighted by Gasteiger charge is -2.03. The van der Waals surface area contributed by atoms with Crippen molar-refractivity contribution in [3.63, 3.8) is 0 Å². The lowest BCUT2D eigenvalue weighted by Crippen LogP contribution is -2.04. The van der Waals surface area contributed by atoms with Crippen LogP contribution >= 0.6 is 0 Å². The van der Waals surface area contributed by atoms with Gasteiger partial charge >= 0.3 is 0 Å². The van der Waals surface area contributed by atoms with E-state index in [0.29, 0.717) is 48.3 Å². The van der Waals surface area contributed by atoms with Crippen LogP contribution in [-0.2, 0) is 0 Å². The maximum absolute atomic E-state index is 4.03. The summed E-state index contributed by atoms with van der Waals surface area (Å²) in [6.07, 6.45) is 29.0. The quantitative estimate of drug-likeness (QED) is 0.140. The maximum Gasteiger partial charge on any atom is 0.162 e. The summed E-state index contributed by atoms with van der Waals surface area (Å²) in [6, 6.07) is 11.7. The molecule has 0 aliphatic carbocycles. The molecule has 0 aliphatic rings. The summed E-state index contributed by atoms with van der Waals surface area (Å²) < 4.78 is 11.8. The number of tetrazole rings is 1. The molecule has 65 heavy (non-hydrogen) atoms. The van der Waals surface area contributed by atoms with E-state index in [9.17, 15) is 0 Å². The summed E-state index contributed by atoms with van der Waals surface area (Å²) in [7, 11) is 0. The van der Waals surface area contributed by atoms with Gasteiger partial charge in [-0.05, 0) is 140 Å². The molecule has 0 bridgehead atoms. The monoisotopic (exact) mass is 901 g/mol. The highest BCUT2D eigenvalue weighted by Gasteiger charge is 1.97. The van der Waals surface area contributed by atoms with Gasteiger partial charge in [-0.15, -0.1) is 25.5 Å². The van der Waals surface area contributed by atoms with Gasteiger partial charge in [-0.3, -0.25) is 14.0 Å². The average molecular weight is 901 g/mol. The lowest BCUT2D eigenvalue weighted by atomic mass is 10.4. The second kappa shape index (κ2) is 33.9. The Hall–Kier alpha value is -6.60. The Morgan fingerprint density at radius 2 is 0.800 bits per heavy atom. The molecular formula is C45H80N20. The minimum atomic E-state index is 0. The van der Waals surface area contributed by atoms with Crippen molar-refractivity contribution < 1.29 is 0 Å². The zero-order valence-corrected chi connectivity index (χ0v) is 41.1. The molecule has 0 N–H and O–H groups in total. The van der Waals surface area contributed by atoms with Crippen LogP contribution in [0.15, 0.2) is 124 Å². The second-order valence-electron chi connectivity index (χ2n) is 16.3. The fourth-order valence-electron chi connectivity index (χ4n) is 4.31. The highest BCUT2D eigenvalue weighted by Crippen LogP contribution is 2.03. The number of hydrogen-bond donors (Lipinski definition) is 0. The summed E-state index contributed by atoms with van der Waals surface area (Å²) in [5.41, 5.74) is 0. The Labute approximate surface area is 388 Å². The summed E-state index contributed by atoms with van der Waals surface area (Å²) >= 11 is 0. The van der Waals surface area contributed by atoms with Crippen molar-refractivity contribution in [2.24, 2.45) is 0 Å². The normalized spacial score (nSPS) is 10.2. The van der Waals surface area contributed by atoms with Crippen LogP contribution in [-0.4, -0.2) is 98.6 Å². The molecule has 0 amide bonds. The molecule has 20 nitrogen and oxygen atoms in total. The van der Waals surface area contributed by atoms with Gasteiger partial charge in [-0.25, -0.2) is 4.98 Å². The molecule has 8 aromatic heterocycles. The van der Waals surface area contributed by atoms with E-state index in [1.54, 1.807) is 64.1 Å². The third-order valence-electron chi connectivity index (χ3n) is 8.18. The van der Waals surface area contributed by atoms with Crippen LogP contribution in [0.5, 0.6) is 0 Å². The van der Waals surface area contributed by atoms with Gasteiger partial charge in [0.05, 0.1) is 37.0 Å². The first-order chi connectivity index (χ1) is 30.4. The van der Waals surface area contributed by atoms with E-state index in [0.717, 1.165) is 0 Å². The van der Waals surface area contributed by atoms with Crippen LogP contribution in [0.25, 0.3) is 0 Å². The number of imidazole rings is 1. The molecule has 8 aromatic rings. The van der Waals surface area contributed by atoms with Crippen molar-refractivity contribution in [2.75, 3.05) is 0 Å². The van der Waals surface area contributed by atoms with Crippen LogP contribution < -0.4 is 0 Å². The van der Waals surface area contributed by atoms with Gasteiger partial charge in [0, 0.05) is 92.0 Å². The predicted molar refractivity (Wildman–Crippen MR) is 259 cm³/mol. The predicted octanol–water partition coefficient (Wildman–Crippen LogP) is 9.93. The van der Waals surface area contributed by atoms with Crippen molar-refractivity contribution in [3.05, 3.63) is 124 Å². The topological polar surface area (TPSA) is 194 Å². The van der Waals surface area contributed by atoms with Gasteiger partial charge in [0.25, 0.3) is 0 Å². The molecule has 0 saturated carbocycles. The van der Waals surface area contributed by atoms with Crippen LogP contribution in [0.3, 0.4) is 0 Å². The van der Waals surface area contributed by atoms with Crippen LogP contribution in [0.4, 0.5) is 0 Å². The summed E-state index contributed by atoms with van der Waals surface area (Å²) in [4.78, 5) is 7.13. The number of aromatic nitrogens is 20. The molecule has 0 atom stereocenters. The maximum atomic E-state index is 4.03. The standard InChI is InChI=1S/C7H11N.3C6H10N2.3C5H9N3.C4H8N4.CH4/c1-7(2)8-5-3-4-6-8;1-6(2)8-4-3-7-5-8;2*1-6(2)8-5-3-4-7-8;1-5(2)8-3-6-7-4-8;1-5(2)8-4-3-6-7-8;1-5(2)8-6-3-4-7-8;1-4(2)8-6-3-5-7-8;/h3-7H,1-2H3;3*3-6H,1-2H3;3*3-5H,1-2H3;3-4H,1-2H3;1H4. The van der Waals surface area contributed by atoms with Crippen molar-refractivity contribution in [1.29, 1.82) is 0 Å². The molecule has 0 fully saturated rings. The molecule has 0 unspecified atom stereocenters. The number of nitrogens with zero attached hydrogens (tertiary/aromatic N) is 20. The fraction of sp³-hybridized carbons (Fsp3) is 0.556. The molecule has 8 rings (SSSR count). The van der Waals surface area contributed by atoms with Crippen molar-refractivity contribution in [1.82, 2.24) is 98.6 Å². The van der Waals surface area contributed by atoms with Crippen LogP contribution in [0.1, 0.15) is 167 Å². The number of hydrogen-bond acceptors (Lipinski definition) is 12. The first kappa shape index (κ1) is 58.4. The first-order valence-electron chi connectivity index (χ1n) is 21.8. The average Bonchev–Trinajstić information content (AvgIpc) is 4.12. The summed E-state index contributed by atoms with van der Waals surface area (Å²) in [6.45, 7) is 33.4. The van der Waals surface area contributed by atoms with Gasteiger partial charge in [0.15, 0.2) is 6.33 Å². The molecule has 20 heteroatoms. The van der Waals surface area contributed by atoms with Gasteiger partial charge < -0.3 is 13.7 Å². The highest BCUT2D eigenvalue weighted by atomic mass is 15.6. The van der Waals surface area contributed by atoms with E-state index in [1.165, 1.54) is 6.33 Å². The first-order valence-corrected chi connectivity index (χ1v) is 21.8. The minimum Gasteiger partial charge on any atom is -0.352 e.